The summed E-state index contributed by atoms with van der Waals surface area (Å²) < 4.78 is -3.01. The number of rotatable bonds is 4. The minimum absolute atomic E-state index is 0.128. The second kappa shape index (κ2) is 15.3. The van der Waals surface area contributed by atoms with E-state index in [0.717, 1.165) is 25.5 Å². The summed E-state index contributed by atoms with van der Waals surface area (Å²) in [6.45, 7) is 27.6. The fourth-order valence-electron chi connectivity index (χ4n) is 9.05. The average Bonchev–Trinajstić information content (AvgIpc) is 3.73. The van der Waals surface area contributed by atoms with E-state index in [4.69, 9.17) is 86.6 Å². The van der Waals surface area contributed by atoms with Gasteiger partial charge in [0.05, 0.1) is 0 Å². The Balaban J connectivity index is 1.92. The Bertz CT molecular complexity index is 2230. The number of benzene rings is 4. The van der Waals surface area contributed by atoms with Crippen LogP contribution in [0.5, 0.6) is 0 Å². The summed E-state index contributed by atoms with van der Waals surface area (Å²) in [5.74, 6) is 0. The minimum atomic E-state index is -5.87. The van der Waals surface area contributed by atoms with E-state index >= 15 is 0 Å². The molecule has 0 unspecified atom stereocenters. The van der Waals surface area contributed by atoms with Crippen molar-refractivity contribution in [2.45, 2.75) is 120 Å². The molecule has 0 bridgehead atoms. The monoisotopic (exact) mass is 1010 g/mol. The number of alkyl halides is 6. The Hall–Kier alpha value is -0.567. The fraction of sp³-hybridized carbons (Fsp3) is 0.408. The Kier molecular flexibility index (Phi) is 12.4. The number of fused-ring (bicyclic) bond motifs is 3. The van der Waals surface area contributed by atoms with Gasteiger partial charge in [-0.25, -0.2) is 0 Å². The number of allylic oxidation sites excluding steroid dienone is 4. The first-order chi connectivity index (χ1) is 26.2. The third-order valence-corrected chi connectivity index (χ3v) is 32.8. The van der Waals surface area contributed by atoms with E-state index in [2.05, 4.69) is 132 Å². The molecule has 6 rings (SSSR count). The van der Waals surface area contributed by atoms with Crippen molar-refractivity contribution in [1.29, 1.82) is 0 Å². The third-order valence-electron chi connectivity index (χ3n) is 11.9. The molecular weight excluding hydrogens is 963 g/mol. The van der Waals surface area contributed by atoms with E-state index in [1.165, 1.54) is 33.4 Å². The van der Waals surface area contributed by atoms with Gasteiger partial charge in [0.25, 0.3) is 0 Å². The summed E-state index contributed by atoms with van der Waals surface area (Å²) in [5, 5.41) is 0. The van der Waals surface area contributed by atoms with Gasteiger partial charge in [-0.15, -0.1) is 0 Å². The Labute approximate surface area is 385 Å². The van der Waals surface area contributed by atoms with Crippen LogP contribution in [0.15, 0.2) is 97.1 Å². The fourth-order valence-corrected chi connectivity index (χ4v) is 29.2. The van der Waals surface area contributed by atoms with Gasteiger partial charge in [-0.3, -0.25) is 0 Å². The Morgan fingerprint density at radius 2 is 0.741 bits per heavy atom. The van der Waals surface area contributed by atoms with Crippen molar-refractivity contribution in [1.82, 2.24) is 0 Å². The number of hydrogen-bond acceptors (Lipinski definition) is 0. The van der Waals surface area contributed by atoms with Gasteiger partial charge in [-0.05, 0) is 0 Å². The van der Waals surface area contributed by atoms with Crippen molar-refractivity contribution in [2.75, 3.05) is 0 Å². The van der Waals surface area contributed by atoms with Crippen LogP contribution in [0.2, 0.25) is 3.63 Å². The summed E-state index contributed by atoms with van der Waals surface area (Å²) in [4.78, 5) is 0. The van der Waals surface area contributed by atoms with Crippen LogP contribution in [-0.2, 0) is 45.2 Å². The summed E-state index contributed by atoms with van der Waals surface area (Å²) in [7, 11) is 18.1. The van der Waals surface area contributed by atoms with Crippen LogP contribution < -0.4 is 0 Å². The van der Waals surface area contributed by atoms with Crippen LogP contribution in [0.3, 0.4) is 0 Å². The first-order valence-electron chi connectivity index (χ1n) is 19.8. The van der Waals surface area contributed by atoms with Gasteiger partial charge in [0, 0.05) is 0 Å². The van der Waals surface area contributed by atoms with Gasteiger partial charge >= 0.3 is 389 Å². The summed E-state index contributed by atoms with van der Waals surface area (Å²) in [6.07, 6.45) is 8.52. The Morgan fingerprint density at radius 3 is 1.02 bits per heavy atom. The van der Waals surface area contributed by atoms with E-state index in [9.17, 15) is 0 Å². The maximum atomic E-state index is 9.03. The van der Waals surface area contributed by atoms with Crippen LogP contribution >= 0.6 is 86.6 Å². The summed E-state index contributed by atoms with van der Waals surface area (Å²) >= 11 is 32.7. The van der Waals surface area contributed by atoms with Crippen molar-refractivity contribution >= 4 is 89.8 Å². The molecular formula is C49H54Cl8Zr. The predicted molar refractivity (Wildman–Crippen MR) is 257 cm³/mol. The first-order valence-corrected chi connectivity index (χ1v) is 32.5. The molecule has 0 heterocycles. The van der Waals surface area contributed by atoms with Crippen molar-refractivity contribution in [3.05, 3.63) is 153 Å². The van der Waals surface area contributed by atoms with Gasteiger partial charge in [-0.1, -0.05) is 0 Å². The molecule has 0 aliphatic heterocycles. The average molecular weight is 1020 g/mol. The van der Waals surface area contributed by atoms with Gasteiger partial charge in [-0.2, -0.15) is 0 Å². The summed E-state index contributed by atoms with van der Waals surface area (Å²) in [5.41, 5.74) is 12.1. The van der Waals surface area contributed by atoms with E-state index in [-0.39, 0.29) is 28.9 Å². The molecule has 58 heavy (non-hydrogen) atoms. The molecule has 2 aliphatic rings. The van der Waals surface area contributed by atoms with Crippen molar-refractivity contribution < 1.29 is 15.9 Å². The normalized spacial score (nSPS) is 15.9. The zero-order chi connectivity index (χ0) is 43.4. The first kappa shape index (κ1) is 46.9. The van der Waals surface area contributed by atoms with Crippen LogP contribution in [0.4, 0.5) is 0 Å². The van der Waals surface area contributed by atoms with E-state index in [0.29, 0.717) is 11.1 Å². The molecule has 2 aliphatic carbocycles. The molecule has 0 atom stereocenters. The molecule has 9 heteroatoms. The molecule has 0 saturated heterocycles. The zero-order valence-corrected chi connectivity index (χ0v) is 43.9. The molecule has 0 N–H and O–H groups in total. The molecule has 4 aromatic carbocycles. The second-order valence-corrected chi connectivity index (χ2v) is 45.7. The number of hydrogen-bond donors (Lipinski definition) is 0. The summed E-state index contributed by atoms with van der Waals surface area (Å²) in [6, 6.07) is 25.1. The Morgan fingerprint density at radius 1 is 0.448 bits per heavy atom. The SMILES string of the molecule is CC(C)(C)c1cc2c(cc1C(C)(C)C)[CH]([Zr]([Cl])([Cl])(=[C](c1ccc(C(Cl)(Cl)Cl)cc1)c1ccc(C(Cl)(Cl)Cl)cc1)[CH]1C=CC=C1)c1cc(C(C)(C)C)c(C(C)(C)C)cc1-2. The molecule has 0 saturated carbocycles. The standard InChI is InChI=1S/C29H41.C15H8Cl6.C5H5.2ClH.Zr/c1-26(2,3)22-14-18-13-19-15-23(27(4,5)6)25(29(10,11)12)17-21(19)20(18)16-24(22)28(7,8)9;16-14(17,18)12-5-1-10(2-6-12)9-11-3-7-13(8-4-11)15(19,20)21;1-2-4-5-3-1;;;/h13-17H,1-12H3;1-8H;1-5H;2*1H;/q;;;;;+2/p-2. The molecule has 0 amide bonds. The van der Waals surface area contributed by atoms with Gasteiger partial charge in [0.2, 0.25) is 0 Å². The van der Waals surface area contributed by atoms with Crippen molar-refractivity contribution in [3.63, 3.8) is 0 Å². The molecule has 0 nitrogen and oxygen atoms in total. The molecule has 0 aromatic heterocycles. The topological polar surface area (TPSA) is 0 Å². The molecule has 0 radical (unpaired) electrons. The maximum absolute atomic E-state index is 9.03. The van der Waals surface area contributed by atoms with Crippen molar-refractivity contribution in [2.24, 2.45) is 0 Å². The molecule has 0 spiro atoms. The number of halogens is 8. The quantitative estimate of drug-likeness (QED) is 0.179. The van der Waals surface area contributed by atoms with Gasteiger partial charge < -0.3 is 0 Å². The van der Waals surface area contributed by atoms with Crippen LogP contribution in [0, 0.1) is 0 Å². The molecule has 0 fully saturated rings. The molecule has 310 valence electrons. The zero-order valence-electron chi connectivity index (χ0n) is 35.4. The van der Waals surface area contributed by atoms with E-state index < -0.39 is 23.5 Å². The molecule has 4 aromatic rings. The van der Waals surface area contributed by atoms with Gasteiger partial charge in [0.15, 0.2) is 0 Å². The second-order valence-electron chi connectivity index (χ2n) is 20.4. The predicted octanol–water partition coefficient (Wildman–Crippen LogP) is 17.8. The van der Waals surface area contributed by atoms with Crippen molar-refractivity contribution in [3.8, 4) is 11.1 Å². The third kappa shape index (κ3) is 8.57. The van der Waals surface area contributed by atoms with Gasteiger partial charge in [0.1, 0.15) is 0 Å². The van der Waals surface area contributed by atoms with E-state index in [1.54, 1.807) is 0 Å². The van der Waals surface area contributed by atoms with Crippen LogP contribution in [0.25, 0.3) is 11.1 Å². The van der Waals surface area contributed by atoms with Crippen LogP contribution in [0.1, 0.15) is 142 Å². The van der Waals surface area contributed by atoms with Crippen LogP contribution in [-0.4, -0.2) is 3.21 Å². The van der Waals surface area contributed by atoms with E-state index in [1.807, 2.05) is 48.5 Å².